The number of carbonyl (C=O) groups is 1. The van der Waals surface area contributed by atoms with E-state index in [2.05, 4.69) is 12.2 Å². The molecule has 0 spiro atoms. The number of aryl methyl sites for hydroxylation is 2. The molecule has 110 valence electrons. The van der Waals surface area contributed by atoms with Gasteiger partial charge in [-0.3, -0.25) is 9.69 Å². The minimum absolute atomic E-state index is 0.00769. The normalized spacial score (nSPS) is 23.0. The third-order valence-electron chi connectivity index (χ3n) is 3.90. The van der Waals surface area contributed by atoms with Crippen LogP contribution in [0.15, 0.2) is 18.2 Å². The van der Waals surface area contributed by atoms with Crippen LogP contribution in [0.1, 0.15) is 31.4 Å². The zero-order valence-corrected chi connectivity index (χ0v) is 12.6. The van der Waals surface area contributed by atoms with Crippen LogP contribution in [0.4, 0.5) is 5.69 Å². The molecule has 1 atom stereocenters. The molecule has 1 fully saturated rings. The van der Waals surface area contributed by atoms with Gasteiger partial charge in [-0.25, -0.2) is 0 Å². The van der Waals surface area contributed by atoms with Crippen molar-refractivity contribution in [2.75, 3.05) is 25.0 Å². The van der Waals surface area contributed by atoms with Crippen molar-refractivity contribution >= 4 is 11.6 Å². The maximum absolute atomic E-state index is 12.2. The van der Waals surface area contributed by atoms with Crippen molar-refractivity contribution in [2.45, 2.75) is 39.2 Å². The maximum Gasteiger partial charge on any atom is 0.238 e. The van der Waals surface area contributed by atoms with E-state index in [0.29, 0.717) is 13.1 Å². The summed E-state index contributed by atoms with van der Waals surface area (Å²) in [5.41, 5.74) is 2.53. The number of nitrogens with one attached hydrogen (secondary N) is 1. The first kappa shape index (κ1) is 15.0. The van der Waals surface area contributed by atoms with Crippen LogP contribution in [-0.4, -0.2) is 41.1 Å². The fourth-order valence-corrected chi connectivity index (χ4v) is 2.76. The van der Waals surface area contributed by atoms with Crippen molar-refractivity contribution in [1.29, 1.82) is 0 Å². The molecule has 0 radical (unpaired) electrons. The van der Waals surface area contributed by atoms with Crippen LogP contribution in [0.5, 0.6) is 0 Å². The number of amides is 1. The Labute approximate surface area is 120 Å². The smallest absolute Gasteiger partial charge is 0.238 e. The molecule has 1 aromatic rings. The second kappa shape index (κ2) is 5.94. The highest BCUT2D eigenvalue weighted by Gasteiger charge is 2.32. The molecule has 1 aromatic carbocycles. The van der Waals surface area contributed by atoms with E-state index >= 15 is 0 Å². The molecule has 20 heavy (non-hydrogen) atoms. The summed E-state index contributed by atoms with van der Waals surface area (Å²) in [4.78, 5) is 14.2. The Morgan fingerprint density at radius 3 is 2.85 bits per heavy atom. The molecular weight excluding hydrogens is 252 g/mol. The molecule has 0 bridgehead atoms. The number of β-amino-alcohol motifs (C(OH)–C–C–N with tert-alkyl or cyclic N) is 1. The minimum atomic E-state index is -0.655. The second-order valence-corrected chi connectivity index (χ2v) is 5.97. The van der Waals surface area contributed by atoms with E-state index in [4.69, 9.17) is 0 Å². The van der Waals surface area contributed by atoms with Gasteiger partial charge in [-0.05, 0) is 37.8 Å². The molecule has 1 unspecified atom stereocenters. The number of benzene rings is 1. The van der Waals surface area contributed by atoms with Gasteiger partial charge in [0.1, 0.15) is 0 Å². The van der Waals surface area contributed by atoms with Gasteiger partial charge in [0.25, 0.3) is 0 Å². The lowest BCUT2D eigenvalue weighted by Crippen LogP contribution is -2.35. The van der Waals surface area contributed by atoms with E-state index in [9.17, 15) is 9.90 Å². The van der Waals surface area contributed by atoms with Gasteiger partial charge in [-0.15, -0.1) is 0 Å². The Kier molecular flexibility index (Phi) is 4.45. The molecular formula is C16H24N2O2. The maximum atomic E-state index is 12.2. The summed E-state index contributed by atoms with van der Waals surface area (Å²) in [5, 5.41) is 12.9. The number of para-hydroxylation sites is 1. The number of hydrogen-bond acceptors (Lipinski definition) is 3. The van der Waals surface area contributed by atoms with Crippen LogP contribution in [-0.2, 0) is 11.2 Å². The van der Waals surface area contributed by atoms with Gasteiger partial charge in [-0.2, -0.15) is 0 Å². The van der Waals surface area contributed by atoms with Gasteiger partial charge < -0.3 is 10.4 Å². The quantitative estimate of drug-likeness (QED) is 0.884. The van der Waals surface area contributed by atoms with Crippen LogP contribution in [0.2, 0.25) is 0 Å². The largest absolute Gasteiger partial charge is 0.389 e. The van der Waals surface area contributed by atoms with Crippen molar-refractivity contribution in [3.8, 4) is 0 Å². The summed E-state index contributed by atoms with van der Waals surface area (Å²) in [6.07, 6.45) is 1.63. The zero-order chi connectivity index (χ0) is 14.8. The van der Waals surface area contributed by atoms with Crippen LogP contribution >= 0.6 is 0 Å². The zero-order valence-electron chi connectivity index (χ0n) is 12.6. The highest BCUT2D eigenvalue weighted by molar-refractivity contribution is 5.93. The Morgan fingerprint density at radius 1 is 1.50 bits per heavy atom. The van der Waals surface area contributed by atoms with Crippen LogP contribution < -0.4 is 5.32 Å². The van der Waals surface area contributed by atoms with Gasteiger partial charge in [0, 0.05) is 18.8 Å². The van der Waals surface area contributed by atoms with Gasteiger partial charge in [0.2, 0.25) is 5.91 Å². The molecule has 2 N–H and O–H groups in total. The number of rotatable bonds is 4. The van der Waals surface area contributed by atoms with E-state index in [1.54, 1.807) is 0 Å². The molecule has 0 aliphatic carbocycles. The Bertz CT molecular complexity index is 497. The van der Waals surface area contributed by atoms with Crippen molar-refractivity contribution in [2.24, 2.45) is 0 Å². The third kappa shape index (κ3) is 3.58. The molecule has 1 heterocycles. The lowest BCUT2D eigenvalue weighted by molar-refractivity contribution is -0.117. The van der Waals surface area contributed by atoms with Crippen molar-refractivity contribution < 1.29 is 9.90 Å². The highest BCUT2D eigenvalue weighted by atomic mass is 16.3. The summed E-state index contributed by atoms with van der Waals surface area (Å²) < 4.78 is 0. The first-order chi connectivity index (χ1) is 9.41. The Balaban J connectivity index is 1.99. The number of hydrogen-bond donors (Lipinski definition) is 2. The summed E-state index contributed by atoms with van der Waals surface area (Å²) >= 11 is 0. The molecule has 1 amide bonds. The summed E-state index contributed by atoms with van der Waals surface area (Å²) in [6.45, 7) is 7.59. The van der Waals surface area contributed by atoms with Crippen molar-refractivity contribution in [3.05, 3.63) is 29.3 Å². The predicted octanol–water partition coefficient (Wildman–Crippen LogP) is 1.95. The molecule has 1 saturated heterocycles. The fraction of sp³-hybridized carbons (Fsp3) is 0.562. The molecule has 4 heteroatoms. The van der Waals surface area contributed by atoms with Crippen LogP contribution in [0.3, 0.4) is 0 Å². The third-order valence-corrected chi connectivity index (χ3v) is 3.90. The number of carbonyl (C=O) groups excluding carboxylic acids is 1. The standard InChI is InChI=1S/C16H24N2O2/c1-4-13-7-5-6-12(2)15(13)17-14(19)10-18-9-8-16(3,20)11-18/h5-7,20H,4,8-11H2,1-3H3,(H,17,19). The van der Waals surface area contributed by atoms with E-state index in [-0.39, 0.29) is 5.91 Å². The molecule has 0 saturated carbocycles. The second-order valence-electron chi connectivity index (χ2n) is 5.97. The van der Waals surface area contributed by atoms with Gasteiger partial charge in [0.15, 0.2) is 0 Å². The monoisotopic (exact) mass is 276 g/mol. The number of aliphatic hydroxyl groups is 1. The predicted molar refractivity (Wildman–Crippen MR) is 80.9 cm³/mol. The van der Waals surface area contributed by atoms with E-state index in [1.165, 1.54) is 0 Å². The number of anilines is 1. The van der Waals surface area contributed by atoms with Gasteiger partial charge in [-0.1, -0.05) is 25.1 Å². The lowest BCUT2D eigenvalue weighted by Gasteiger charge is -2.19. The van der Waals surface area contributed by atoms with Crippen LogP contribution in [0.25, 0.3) is 0 Å². The van der Waals surface area contributed by atoms with E-state index in [0.717, 1.165) is 36.2 Å². The average molecular weight is 276 g/mol. The fourth-order valence-electron chi connectivity index (χ4n) is 2.76. The highest BCUT2D eigenvalue weighted by Crippen LogP contribution is 2.22. The molecule has 1 aliphatic rings. The Morgan fingerprint density at radius 2 is 2.25 bits per heavy atom. The molecule has 4 nitrogen and oxygen atoms in total. The number of nitrogens with zero attached hydrogens (tertiary/aromatic N) is 1. The van der Waals surface area contributed by atoms with Gasteiger partial charge >= 0.3 is 0 Å². The van der Waals surface area contributed by atoms with E-state index in [1.807, 2.05) is 36.9 Å². The molecule has 2 rings (SSSR count). The first-order valence-electron chi connectivity index (χ1n) is 7.24. The minimum Gasteiger partial charge on any atom is -0.389 e. The average Bonchev–Trinajstić information content (AvgIpc) is 2.71. The molecule has 0 aromatic heterocycles. The summed E-state index contributed by atoms with van der Waals surface area (Å²) in [6, 6.07) is 6.07. The summed E-state index contributed by atoms with van der Waals surface area (Å²) in [5.74, 6) is -0.00769. The first-order valence-corrected chi connectivity index (χ1v) is 7.24. The lowest BCUT2D eigenvalue weighted by atomic mass is 10.1. The van der Waals surface area contributed by atoms with Crippen molar-refractivity contribution in [3.63, 3.8) is 0 Å². The van der Waals surface area contributed by atoms with Gasteiger partial charge in [0.05, 0.1) is 12.1 Å². The number of likely N-dealkylation sites (tertiary alicyclic amines) is 1. The summed E-state index contributed by atoms with van der Waals surface area (Å²) in [7, 11) is 0. The van der Waals surface area contributed by atoms with Crippen LogP contribution in [0, 0.1) is 6.92 Å². The SMILES string of the molecule is CCc1cccc(C)c1NC(=O)CN1CCC(C)(O)C1. The molecule has 1 aliphatic heterocycles. The van der Waals surface area contributed by atoms with E-state index < -0.39 is 5.60 Å². The topological polar surface area (TPSA) is 52.6 Å². The Hall–Kier alpha value is -1.39. The van der Waals surface area contributed by atoms with Crippen molar-refractivity contribution in [1.82, 2.24) is 4.90 Å².